The summed E-state index contributed by atoms with van der Waals surface area (Å²) in [5.74, 6) is 0. The highest BCUT2D eigenvalue weighted by atomic mass is 15.1. The molecule has 0 spiro atoms. The quantitative estimate of drug-likeness (QED) is 0.881. The van der Waals surface area contributed by atoms with E-state index in [9.17, 15) is 0 Å². The minimum atomic E-state index is 0.360. The zero-order valence-electron chi connectivity index (χ0n) is 11.9. The molecule has 1 N–H and O–H groups in total. The van der Waals surface area contributed by atoms with Crippen molar-refractivity contribution in [2.45, 2.75) is 12.5 Å². The van der Waals surface area contributed by atoms with Gasteiger partial charge in [0.2, 0.25) is 0 Å². The number of benzene rings is 2. The molecular formula is C17H22N2. The van der Waals surface area contributed by atoms with Crippen molar-refractivity contribution in [1.82, 2.24) is 5.32 Å². The van der Waals surface area contributed by atoms with Gasteiger partial charge < -0.3 is 10.2 Å². The van der Waals surface area contributed by atoms with Gasteiger partial charge in [0.05, 0.1) is 0 Å². The first kappa shape index (κ1) is 13.6. The average molecular weight is 254 g/mol. The first-order chi connectivity index (χ1) is 9.20. The van der Waals surface area contributed by atoms with Crippen molar-refractivity contribution in [2.75, 3.05) is 26.0 Å². The van der Waals surface area contributed by atoms with Crippen molar-refractivity contribution in [3.63, 3.8) is 0 Å². The molecule has 1 atom stereocenters. The molecular weight excluding hydrogens is 232 g/mol. The molecule has 0 fully saturated rings. The molecule has 0 amide bonds. The van der Waals surface area contributed by atoms with E-state index >= 15 is 0 Å². The minimum absolute atomic E-state index is 0.360. The lowest BCUT2D eigenvalue weighted by atomic mass is 9.99. The summed E-state index contributed by atoms with van der Waals surface area (Å²) in [6.07, 6.45) is 1.01. The molecule has 0 aromatic heterocycles. The van der Waals surface area contributed by atoms with E-state index in [1.807, 2.05) is 7.05 Å². The van der Waals surface area contributed by atoms with Crippen LogP contribution in [-0.4, -0.2) is 21.1 Å². The summed E-state index contributed by atoms with van der Waals surface area (Å²) >= 11 is 0. The molecule has 2 nitrogen and oxygen atoms in total. The van der Waals surface area contributed by atoms with Gasteiger partial charge in [-0.05, 0) is 36.7 Å². The first-order valence-corrected chi connectivity index (χ1v) is 6.69. The number of anilines is 1. The number of rotatable bonds is 5. The molecule has 0 aliphatic carbocycles. The topological polar surface area (TPSA) is 15.3 Å². The van der Waals surface area contributed by atoms with Crippen molar-refractivity contribution >= 4 is 5.69 Å². The molecule has 0 unspecified atom stereocenters. The van der Waals surface area contributed by atoms with Crippen LogP contribution in [0.3, 0.4) is 0 Å². The maximum absolute atomic E-state index is 3.40. The van der Waals surface area contributed by atoms with E-state index in [0.29, 0.717) is 6.04 Å². The van der Waals surface area contributed by atoms with Gasteiger partial charge in [0, 0.05) is 25.8 Å². The molecule has 0 aliphatic heterocycles. The molecule has 0 saturated carbocycles. The van der Waals surface area contributed by atoms with Crippen LogP contribution in [0, 0.1) is 0 Å². The number of hydrogen-bond donors (Lipinski definition) is 1. The number of hydrogen-bond acceptors (Lipinski definition) is 2. The summed E-state index contributed by atoms with van der Waals surface area (Å²) in [5.41, 5.74) is 3.92. The Morgan fingerprint density at radius 1 is 0.947 bits per heavy atom. The van der Waals surface area contributed by atoms with Gasteiger partial charge in [-0.2, -0.15) is 0 Å². The van der Waals surface area contributed by atoms with Crippen LogP contribution in [0.15, 0.2) is 54.6 Å². The van der Waals surface area contributed by atoms with Gasteiger partial charge in [-0.1, -0.05) is 42.5 Å². The molecule has 2 rings (SSSR count). The van der Waals surface area contributed by atoms with Gasteiger partial charge in [-0.15, -0.1) is 0 Å². The van der Waals surface area contributed by atoms with Gasteiger partial charge >= 0.3 is 0 Å². The summed E-state index contributed by atoms with van der Waals surface area (Å²) in [5, 5.41) is 3.40. The molecule has 2 heteroatoms. The standard InChI is InChI=1S/C17H22N2/c1-18-17(13-14-7-5-4-6-8-14)15-9-11-16(12-10-15)19(2)3/h4-12,17-18H,13H2,1-3H3/t17-/m0/s1. The Labute approximate surface area is 116 Å². The number of nitrogens with one attached hydrogen (secondary N) is 1. The van der Waals surface area contributed by atoms with Crippen LogP contribution in [0.25, 0.3) is 0 Å². The molecule has 0 heterocycles. The Morgan fingerprint density at radius 2 is 1.58 bits per heavy atom. The highest BCUT2D eigenvalue weighted by molar-refractivity contribution is 5.46. The van der Waals surface area contributed by atoms with E-state index < -0.39 is 0 Å². The van der Waals surface area contributed by atoms with Crippen molar-refractivity contribution in [1.29, 1.82) is 0 Å². The third-order valence-corrected chi connectivity index (χ3v) is 3.44. The lowest BCUT2D eigenvalue weighted by Gasteiger charge is -2.19. The zero-order valence-corrected chi connectivity index (χ0v) is 11.9. The fourth-order valence-corrected chi connectivity index (χ4v) is 2.24. The Hall–Kier alpha value is -1.80. The van der Waals surface area contributed by atoms with E-state index in [0.717, 1.165) is 6.42 Å². The number of likely N-dealkylation sites (N-methyl/N-ethyl adjacent to an activating group) is 1. The SMILES string of the molecule is CN[C@@H](Cc1ccccc1)c1ccc(N(C)C)cc1. The molecule has 0 bridgehead atoms. The summed E-state index contributed by atoms with van der Waals surface area (Å²) in [4.78, 5) is 2.12. The second kappa shape index (κ2) is 6.39. The van der Waals surface area contributed by atoms with Crippen LogP contribution >= 0.6 is 0 Å². The highest BCUT2D eigenvalue weighted by Gasteiger charge is 2.10. The van der Waals surface area contributed by atoms with Crippen LogP contribution in [0.4, 0.5) is 5.69 Å². The van der Waals surface area contributed by atoms with Crippen LogP contribution < -0.4 is 10.2 Å². The minimum Gasteiger partial charge on any atom is -0.378 e. The molecule has 2 aromatic carbocycles. The number of nitrogens with zero attached hydrogens (tertiary/aromatic N) is 1. The Kier molecular flexibility index (Phi) is 4.58. The Bertz CT molecular complexity index is 488. The average Bonchev–Trinajstić information content (AvgIpc) is 2.46. The van der Waals surface area contributed by atoms with Crippen molar-refractivity contribution in [3.8, 4) is 0 Å². The molecule has 2 aromatic rings. The zero-order chi connectivity index (χ0) is 13.7. The predicted molar refractivity (Wildman–Crippen MR) is 82.7 cm³/mol. The Balaban J connectivity index is 2.13. The molecule has 100 valence electrons. The summed E-state index contributed by atoms with van der Waals surface area (Å²) in [6, 6.07) is 19.7. The van der Waals surface area contributed by atoms with Crippen LogP contribution in [0.5, 0.6) is 0 Å². The predicted octanol–water partition coefficient (Wildman–Crippen LogP) is 3.26. The molecule has 0 saturated heterocycles. The lowest BCUT2D eigenvalue weighted by Crippen LogP contribution is -2.19. The second-order valence-corrected chi connectivity index (χ2v) is 5.02. The third kappa shape index (κ3) is 3.58. The highest BCUT2D eigenvalue weighted by Crippen LogP contribution is 2.21. The van der Waals surface area contributed by atoms with E-state index in [1.165, 1.54) is 16.8 Å². The maximum atomic E-state index is 3.40. The lowest BCUT2D eigenvalue weighted by molar-refractivity contribution is 0.592. The van der Waals surface area contributed by atoms with Gasteiger partial charge in [0.25, 0.3) is 0 Å². The van der Waals surface area contributed by atoms with Gasteiger partial charge in [-0.25, -0.2) is 0 Å². The van der Waals surface area contributed by atoms with E-state index in [-0.39, 0.29) is 0 Å². The third-order valence-electron chi connectivity index (χ3n) is 3.44. The van der Waals surface area contributed by atoms with Crippen molar-refractivity contribution in [3.05, 3.63) is 65.7 Å². The molecule has 0 radical (unpaired) electrons. The van der Waals surface area contributed by atoms with E-state index in [4.69, 9.17) is 0 Å². The fraction of sp³-hybridized carbons (Fsp3) is 0.294. The largest absolute Gasteiger partial charge is 0.378 e. The van der Waals surface area contributed by atoms with Gasteiger partial charge in [0.15, 0.2) is 0 Å². The van der Waals surface area contributed by atoms with Gasteiger partial charge in [0.1, 0.15) is 0 Å². The van der Waals surface area contributed by atoms with Crippen LogP contribution in [0.1, 0.15) is 17.2 Å². The molecule has 0 aliphatic rings. The normalized spacial score (nSPS) is 12.2. The fourth-order valence-electron chi connectivity index (χ4n) is 2.24. The van der Waals surface area contributed by atoms with Crippen LogP contribution in [0.2, 0.25) is 0 Å². The first-order valence-electron chi connectivity index (χ1n) is 6.69. The van der Waals surface area contributed by atoms with Crippen LogP contribution in [-0.2, 0) is 6.42 Å². The summed E-state index contributed by atoms with van der Waals surface area (Å²) < 4.78 is 0. The monoisotopic (exact) mass is 254 g/mol. The summed E-state index contributed by atoms with van der Waals surface area (Å²) in [7, 11) is 6.15. The van der Waals surface area contributed by atoms with Crippen molar-refractivity contribution in [2.24, 2.45) is 0 Å². The van der Waals surface area contributed by atoms with E-state index in [2.05, 4.69) is 78.9 Å². The van der Waals surface area contributed by atoms with Crippen molar-refractivity contribution < 1.29 is 0 Å². The second-order valence-electron chi connectivity index (χ2n) is 5.02. The maximum Gasteiger partial charge on any atom is 0.0361 e. The molecule has 19 heavy (non-hydrogen) atoms. The van der Waals surface area contributed by atoms with Gasteiger partial charge in [-0.3, -0.25) is 0 Å². The Morgan fingerprint density at radius 3 is 2.11 bits per heavy atom. The summed E-state index contributed by atoms with van der Waals surface area (Å²) in [6.45, 7) is 0. The smallest absolute Gasteiger partial charge is 0.0361 e. The van der Waals surface area contributed by atoms with E-state index in [1.54, 1.807) is 0 Å².